The highest BCUT2D eigenvalue weighted by atomic mass is 35.5. The minimum atomic E-state index is -4.80. The summed E-state index contributed by atoms with van der Waals surface area (Å²) < 4.78 is 47.1. The van der Waals surface area contributed by atoms with Crippen LogP contribution in [0.2, 0.25) is 5.02 Å². The first-order valence-corrected chi connectivity index (χ1v) is 7.25. The first-order valence-electron chi connectivity index (χ1n) is 6.87. The smallest absolute Gasteiger partial charge is 0.486 e. The molecule has 1 aromatic carbocycles. The summed E-state index contributed by atoms with van der Waals surface area (Å²) in [4.78, 5) is 0. The maximum absolute atomic E-state index is 12.5. The van der Waals surface area contributed by atoms with Crippen LogP contribution in [0.3, 0.4) is 0 Å². The molecule has 0 aromatic heterocycles. The first kappa shape index (κ1) is 14.8. The fourth-order valence-corrected chi connectivity index (χ4v) is 3.28. The molecule has 2 bridgehead atoms. The number of nitrogens with one attached hydrogen (secondary N) is 1. The van der Waals surface area contributed by atoms with Crippen LogP contribution in [-0.4, -0.2) is 24.6 Å². The van der Waals surface area contributed by atoms with Crippen LogP contribution in [-0.2, 0) is 0 Å². The van der Waals surface area contributed by atoms with E-state index in [1.807, 2.05) is 0 Å². The van der Waals surface area contributed by atoms with E-state index in [0.717, 1.165) is 25.7 Å². The monoisotopic (exact) mass is 321 g/mol. The normalized spacial score (nSPS) is 28.5. The van der Waals surface area contributed by atoms with Crippen LogP contribution >= 0.6 is 11.6 Å². The van der Waals surface area contributed by atoms with Crippen molar-refractivity contribution >= 4 is 11.6 Å². The lowest BCUT2D eigenvalue weighted by atomic mass is 10.0. The number of ether oxygens (including phenoxy) is 2. The summed E-state index contributed by atoms with van der Waals surface area (Å²) in [5, 5.41) is 3.34. The third-order valence-electron chi connectivity index (χ3n) is 3.87. The molecule has 0 spiro atoms. The third kappa shape index (κ3) is 3.55. The van der Waals surface area contributed by atoms with E-state index in [2.05, 4.69) is 10.1 Å². The number of alkyl halides is 3. The number of fused-ring (bicyclic) bond motifs is 2. The first-order chi connectivity index (χ1) is 9.90. The molecule has 3 rings (SSSR count). The lowest BCUT2D eigenvalue weighted by Crippen LogP contribution is -2.42. The molecule has 2 aliphatic rings. The summed E-state index contributed by atoms with van der Waals surface area (Å²) >= 11 is 5.81. The zero-order valence-corrected chi connectivity index (χ0v) is 11.9. The molecule has 2 fully saturated rings. The molecule has 1 aromatic rings. The molecule has 0 amide bonds. The number of hydrogen-bond donors (Lipinski definition) is 1. The minimum absolute atomic E-state index is 0.0473. The highest BCUT2D eigenvalue weighted by Crippen LogP contribution is 2.40. The Hall–Kier alpha value is -1.14. The fraction of sp³-hybridized carbons (Fsp3) is 0.571. The van der Waals surface area contributed by atoms with Crippen molar-refractivity contribution in [2.24, 2.45) is 0 Å². The summed E-state index contributed by atoms with van der Waals surface area (Å²) in [5.74, 6) is -0.413. The molecule has 21 heavy (non-hydrogen) atoms. The summed E-state index contributed by atoms with van der Waals surface area (Å²) in [6.45, 7) is 0. The van der Waals surface area contributed by atoms with Crippen molar-refractivity contribution in [2.75, 3.05) is 0 Å². The summed E-state index contributed by atoms with van der Waals surface area (Å²) in [6.07, 6.45) is -1.16. The van der Waals surface area contributed by atoms with Crippen LogP contribution in [0, 0.1) is 0 Å². The molecule has 0 radical (unpaired) electrons. The number of hydrogen-bond acceptors (Lipinski definition) is 3. The van der Waals surface area contributed by atoms with Gasteiger partial charge in [-0.15, -0.1) is 13.2 Å². The van der Waals surface area contributed by atoms with E-state index in [0.29, 0.717) is 12.1 Å². The number of benzene rings is 1. The van der Waals surface area contributed by atoms with E-state index >= 15 is 0 Å². The second-order valence-electron chi connectivity index (χ2n) is 5.46. The van der Waals surface area contributed by atoms with Crippen molar-refractivity contribution in [2.45, 2.75) is 50.2 Å². The SMILES string of the molecule is FC(F)(F)Oc1c(Cl)cccc1OC1CC2CCC(C1)N2. The van der Waals surface area contributed by atoms with Crippen LogP contribution in [0.4, 0.5) is 13.2 Å². The molecular formula is C14H15ClF3NO2. The van der Waals surface area contributed by atoms with E-state index in [4.69, 9.17) is 16.3 Å². The van der Waals surface area contributed by atoms with E-state index in [1.165, 1.54) is 12.1 Å². The molecule has 2 saturated heterocycles. The maximum atomic E-state index is 12.5. The van der Waals surface area contributed by atoms with E-state index in [-0.39, 0.29) is 16.9 Å². The van der Waals surface area contributed by atoms with E-state index < -0.39 is 12.1 Å². The third-order valence-corrected chi connectivity index (χ3v) is 4.17. The second kappa shape index (κ2) is 5.57. The lowest BCUT2D eigenvalue weighted by Gasteiger charge is -2.30. The Morgan fingerprint density at radius 3 is 2.43 bits per heavy atom. The largest absolute Gasteiger partial charge is 0.573 e. The van der Waals surface area contributed by atoms with Gasteiger partial charge in [-0.3, -0.25) is 0 Å². The van der Waals surface area contributed by atoms with Gasteiger partial charge >= 0.3 is 6.36 Å². The van der Waals surface area contributed by atoms with Gasteiger partial charge < -0.3 is 14.8 Å². The number of para-hydroxylation sites is 1. The summed E-state index contributed by atoms with van der Waals surface area (Å²) in [6, 6.07) is 5.13. The molecule has 2 heterocycles. The second-order valence-corrected chi connectivity index (χ2v) is 5.87. The Bertz CT molecular complexity index is 511. The van der Waals surface area contributed by atoms with Gasteiger partial charge in [-0.1, -0.05) is 17.7 Å². The van der Waals surface area contributed by atoms with Gasteiger partial charge in [-0.25, -0.2) is 0 Å². The number of rotatable bonds is 3. The van der Waals surface area contributed by atoms with E-state index in [1.54, 1.807) is 6.07 Å². The molecule has 7 heteroatoms. The topological polar surface area (TPSA) is 30.5 Å². The Morgan fingerprint density at radius 1 is 1.14 bits per heavy atom. The number of piperidine rings is 1. The molecule has 0 saturated carbocycles. The standard InChI is InChI=1S/C14H15ClF3NO2/c15-11-2-1-3-12(13(11)21-14(16,17)18)20-10-6-8-4-5-9(7-10)19-8/h1-3,8-10,19H,4-7H2. The van der Waals surface area contributed by atoms with Crippen molar-refractivity contribution in [3.8, 4) is 11.5 Å². The van der Waals surface area contributed by atoms with Crippen molar-refractivity contribution in [3.05, 3.63) is 23.2 Å². The Balaban J connectivity index is 1.77. The molecule has 2 atom stereocenters. The Kier molecular flexibility index (Phi) is 3.92. The zero-order chi connectivity index (χ0) is 15.0. The van der Waals surface area contributed by atoms with Gasteiger partial charge in [0.25, 0.3) is 0 Å². The van der Waals surface area contributed by atoms with Gasteiger partial charge in [-0.2, -0.15) is 0 Å². The zero-order valence-electron chi connectivity index (χ0n) is 11.1. The van der Waals surface area contributed by atoms with Crippen LogP contribution in [0.25, 0.3) is 0 Å². The van der Waals surface area contributed by atoms with Crippen molar-refractivity contribution in [3.63, 3.8) is 0 Å². The quantitative estimate of drug-likeness (QED) is 0.916. The van der Waals surface area contributed by atoms with Crippen molar-refractivity contribution in [1.82, 2.24) is 5.32 Å². The Morgan fingerprint density at radius 2 is 1.81 bits per heavy atom. The molecule has 3 nitrogen and oxygen atoms in total. The molecule has 116 valence electrons. The molecular weight excluding hydrogens is 307 g/mol. The predicted molar refractivity (Wildman–Crippen MR) is 71.7 cm³/mol. The minimum Gasteiger partial charge on any atom is -0.486 e. The summed E-state index contributed by atoms with van der Waals surface area (Å²) in [7, 11) is 0. The maximum Gasteiger partial charge on any atom is 0.573 e. The van der Waals surface area contributed by atoms with Crippen molar-refractivity contribution < 1.29 is 22.6 Å². The Labute approximate surface area is 125 Å². The van der Waals surface area contributed by atoms with Gasteiger partial charge in [-0.05, 0) is 37.8 Å². The van der Waals surface area contributed by atoms with Gasteiger partial charge in [0.1, 0.15) is 6.10 Å². The molecule has 1 N–H and O–H groups in total. The predicted octanol–water partition coefficient (Wildman–Crippen LogP) is 3.90. The highest BCUT2D eigenvalue weighted by Gasteiger charge is 2.37. The van der Waals surface area contributed by atoms with Crippen LogP contribution in [0.5, 0.6) is 11.5 Å². The fourth-order valence-electron chi connectivity index (χ4n) is 3.08. The van der Waals surface area contributed by atoms with Gasteiger partial charge in [0, 0.05) is 12.1 Å². The van der Waals surface area contributed by atoms with Crippen LogP contribution < -0.4 is 14.8 Å². The number of halogens is 4. The van der Waals surface area contributed by atoms with Gasteiger partial charge in [0.05, 0.1) is 5.02 Å². The van der Waals surface area contributed by atoms with Crippen molar-refractivity contribution in [1.29, 1.82) is 0 Å². The van der Waals surface area contributed by atoms with Crippen LogP contribution in [0.1, 0.15) is 25.7 Å². The van der Waals surface area contributed by atoms with Crippen LogP contribution in [0.15, 0.2) is 18.2 Å². The highest BCUT2D eigenvalue weighted by molar-refractivity contribution is 6.32. The molecule has 2 unspecified atom stereocenters. The molecule has 2 aliphatic heterocycles. The van der Waals surface area contributed by atoms with Gasteiger partial charge in [0.15, 0.2) is 11.5 Å². The average molecular weight is 322 g/mol. The average Bonchev–Trinajstić information content (AvgIpc) is 2.72. The lowest BCUT2D eigenvalue weighted by molar-refractivity contribution is -0.275. The molecule has 0 aliphatic carbocycles. The summed E-state index contributed by atoms with van der Waals surface area (Å²) in [5.41, 5.74) is 0. The van der Waals surface area contributed by atoms with Gasteiger partial charge in [0.2, 0.25) is 0 Å². The van der Waals surface area contributed by atoms with E-state index in [9.17, 15) is 13.2 Å².